The molecule has 0 radical (unpaired) electrons. The third-order valence-corrected chi connectivity index (χ3v) is 6.94. The van der Waals surface area contributed by atoms with Gasteiger partial charge in [0.25, 0.3) is 5.91 Å². The summed E-state index contributed by atoms with van der Waals surface area (Å²) in [4.78, 5) is 34.5. The lowest BCUT2D eigenvalue weighted by Crippen LogP contribution is -2.67. The molecular weight excluding hydrogens is 438 g/mol. The lowest BCUT2D eigenvalue weighted by Gasteiger charge is -2.58. The molecule has 1 unspecified atom stereocenters. The van der Waals surface area contributed by atoms with E-state index in [0.29, 0.717) is 36.7 Å². The fourth-order valence-corrected chi connectivity index (χ4v) is 5.09. The Kier molecular flexibility index (Phi) is 5.77. The molecule has 2 amide bonds. The van der Waals surface area contributed by atoms with Crippen LogP contribution in [0.15, 0.2) is 79.0 Å². The highest BCUT2D eigenvalue weighted by Gasteiger charge is 2.62. The second kappa shape index (κ2) is 8.87. The van der Waals surface area contributed by atoms with Crippen LogP contribution in [0.2, 0.25) is 5.02 Å². The number of nitrogens with zero attached hydrogens (tertiary/aromatic N) is 3. The zero-order valence-corrected chi connectivity index (χ0v) is 18.8. The Labute approximate surface area is 197 Å². The minimum absolute atomic E-state index is 0.0789. The number of hydrogen-bond donors (Lipinski definition) is 0. The SMILES string of the molecule is O=C(COc1ccccc1Cl)N1CCC2(CC1)C(=O)N(c1ccccc1)C2c1ccccn1. The Balaban J connectivity index is 1.31. The smallest absolute Gasteiger partial charge is 0.260 e. The molecule has 0 aliphatic carbocycles. The van der Waals surface area contributed by atoms with E-state index in [-0.39, 0.29) is 24.5 Å². The van der Waals surface area contributed by atoms with Crippen LogP contribution in [0, 0.1) is 5.41 Å². The van der Waals surface area contributed by atoms with E-state index in [4.69, 9.17) is 16.3 Å². The predicted molar refractivity (Wildman–Crippen MR) is 126 cm³/mol. The van der Waals surface area contributed by atoms with Crippen LogP contribution in [0.4, 0.5) is 5.69 Å². The molecule has 1 aromatic heterocycles. The second-order valence-corrected chi connectivity index (χ2v) is 8.83. The quantitative estimate of drug-likeness (QED) is 0.524. The van der Waals surface area contributed by atoms with Gasteiger partial charge in [-0.1, -0.05) is 48.0 Å². The lowest BCUT2D eigenvalue weighted by molar-refractivity contribution is -0.150. The maximum Gasteiger partial charge on any atom is 0.260 e. The van der Waals surface area contributed by atoms with Gasteiger partial charge in [0.1, 0.15) is 5.75 Å². The number of β-lactam (4-membered cyclic amide) rings is 1. The molecule has 2 saturated heterocycles. The topological polar surface area (TPSA) is 62.7 Å². The molecule has 1 atom stereocenters. The van der Waals surface area contributed by atoms with Gasteiger partial charge in [0.05, 0.1) is 22.2 Å². The predicted octanol–water partition coefficient (Wildman–Crippen LogP) is 4.51. The van der Waals surface area contributed by atoms with Gasteiger partial charge in [0, 0.05) is 25.0 Å². The Hall–Kier alpha value is -3.38. The number of pyridine rings is 1. The zero-order chi connectivity index (χ0) is 22.8. The molecule has 1 spiro atoms. The molecule has 0 saturated carbocycles. The van der Waals surface area contributed by atoms with Crippen molar-refractivity contribution in [2.24, 2.45) is 5.41 Å². The first kappa shape index (κ1) is 21.5. The minimum Gasteiger partial charge on any atom is -0.482 e. The number of amides is 2. The van der Waals surface area contributed by atoms with Gasteiger partial charge in [0.2, 0.25) is 5.91 Å². The summed E-state index contributed by atoms with van der Waals surface area (Å²) >= 11 is 6.11. The molecule has 0 N–H and O–H groups in total. The average molecular weight is 462 g/mol. The first-order chi connectivity index (χ1) is 16.1. The van der Waals surface area contributed by atoms with Crippen molar-refractivity contribution in [1.82, 2.24) is 9.88 Å². The molecule has 0 bridgehead atoms. The largest absolute Gasteiger partial charge is 0.482 e. The number of carbonyl (C=O) groups is 2. The van der Waals surface area contributed by atoms with Crippen LogP contribution in [-0.4, -0.2) is 41.4 Å². The number of para-hydroxylation sites is 2. The van der Waals surface area contributed by atoms with E-state index < -0.39 is 5.41 Å². The van der Waals surface area contributed by atoms with Crippen molar-refractivity contribution in [3.05, 3.63) is 89.7 Å². The molecule has 2 aliphatic heterocycles. The molecule has 3 heterocycles. The zero-order valence-electron chi connectivity index (χ0n) is 18.1. The summed E-state index contributed by atoms with van der Waals surface area (Å²) in [5, 5.41) is 0.474. The van der Waals surface area contributed by atoms with Crippen molar-refractivity contribution >= 4 is 29.1 Å². The molecule has 7 heteroatoms. The number of hydrogen-bond acceptors (Lipinski definition) is 4. The number of carbonyl (C=O) groups excluding carboxylic acids is 2. The molecule has 168 valence electrons. The Morgan fingerprint density at radius 2 is 1.70 bits per heavy atom. The van der Waals surface area contributed by atoms with Crippen molar-refractivity contribution in [3.63, 3.8) is 0 Å². The summed E-state index contributed by atoms with van der Waals surface area (Å²) in [6, 6.07) is 22.5. The van der Waals surface area contributed by atoms with Crippen LogP contribution in [0.5, 0.6) is 5.75 Å². The second-order valence-electron chi connectivity index (χ2n) is 8.42. The number of benzene rings is 2. The van der Waals surface area contributed by atoms with E-state index in [0.717, 1.165) is 11.4 Å². The summed E-state index contributed by atoms with van der Waals surface area (Å²) in [6.07, 6.45) is 2.95. The van der Waals surface area contributed by atoms with E-state index in [1.54, 1.807) is 23.2 Å². The van der Waals surface area contributed by atoms with Gasteiger partial charge in [-0.2, -0.15) is 0 Å². The number of ether oxygens (including phenoxy) is 1. The highest BCUT2D eigenvalue weighted by atomic mass is 35.5. The molecule has 5 rings (SSSR count). The summed E-state index contributed by atoms with van der Waals surface area (Å²) in [6.45, 7) is 0.926. The number of piperidine rings is 1. The van der Waals surface area contributed by atoms with Crippen molar-refractivity contribution in [2.45, 2.75) is 18.9 Å². The number of likely N-dealkylation sites (tertiary alicyclic amines) is 1. The highest BCUT2D eigenvalue weighted by molar-refractivity contribution is 6.32. The molecule has 33 heavy (non-hydrogen) atoms. The van der Waals surface area contributed by atoms with Crippen molar-refractivity contribution < 1.29 is 14.3 Å². The minimum atomic E-state index is -0.551. The van der Waals surface area contributed by atoms with Gasteiger partial charge in [0.15, 0.2) is 6.61 Å². The fraction of sp³-hybridized carbons (Fsp3) is 0.269. The Bertz CT molecular complexity index is 1150. The maximum absolute atomic E-state index is 13.5. The van der Waals surface area contributed by atoms with E-state index >= 15 is 0 Å². The van der Waals surface area contributed by atoms with E-state index in [2.05, 4.69) is 4.98 Å². The number of anilines is 1. The first-order valence-electron chi connectivity index (χ1n) is 11.0. The van der Waals surface area contributed by atoms with Gasteiger partial charge < -0.3 is 14.5 Å². The van der Waals surface area contributed by atoms with E-state index in [9.17, 15) is 9.59 Å². The first-order valence-corrected chi connectivity index (χ1v) is 11.4. The van der Waals surface area contributed by atoms with Crippen molar-refractivity contribution in [1.29, 1.82) is 0 Å². The van der Waals surface area contributed by atoms with Crippen molar-refractivity contribution in [3.8, 4) is 5.75 Å². The summed E-state index contributed by atoms with van der Waals surface area (Å²) in [5.74, 6) is 0.485. The molecule has 6 nitrogen and oxygen atoms in total. The third-order valence-electron chi connectivity index (χ3n) is 6.62. The van der Waals surface area contributed by atoms with Gasteiger partial charge >= 0.3 is 0 Å². The fourth-order valence-electron chi connectivity index (χ4n) is 4.90. The van der Waals surface area contributed by atoms with Gasteiger partial charge in [-0.3, -0.25) is 14.6 Å². The van der Waals surface area contributed by atoms with E-state index in [1.165, 1.54) is 0 Å². The van der Waals surface area contributed by atoms with Crippen LogP contribution < -0.4 is 9.64 Å². The average Bonchev–Trinajstić information content (AvgIpc) is 2.87. The summed E-state index contributed by atoms with van der Waals surface area (Å²) < 4.78 is 5.62. The van der Waals surface area contributed by atoms with Gasteiger partial charge in [-0.15, -0.1) is 0 Å². The van der Waals surface area contributed by atoms with Crippen LogP contribution in [0.1, 0.15) is 24.6 Å². The van der Waals surface area contributed by atoms with Crippen LogP contribution in [0.25, 0.3) is 0 Å². The van der Waals surface area contributed by atoms with Crippen LogP contribution in [-0.2, 0) is 9.59 Å². The number of aromatic nitrogens is 1. The monoisotopic (exact) mass is 461 g/mol. The molecular formula is C26H24ClN3O3. The standard InChI is InChI=1S/C26H24ClN3O3/c27-20-10-4-5-12-22(20)33-18-23(31)29-16-13-26(14-17-29)24(21-11-6-7-15-28-21)30(25(26)32)19-8-2-1-3-9-19/h1-12,15,24H,13-14,16-18H2. The van der Waals surface area contributed by atoms with Gasteiger partial charge in [-0.05, 0) is 49.2 Å². The Morgan fingerprint density at radius 3 is 2.39 bits per heavy atom. The highest BCUT2D eigenvalue weighted by Crippen LogP contribution is 2.57. The molecule has 2 aliphatic rings. The Morgan fingerprint density at radius 1 is 1.00 bits per heavy atom. The van der Waals surface area contributed by atoms with Gasteiger partial charge in [-0.25, -0.2) is 0 Å². The lowest BCUT2D eigenvalue weighted by atomic mass is 9.63. The van der Waals surface area contributed by atoms with Crippen LogP contribution in [0.3, 0.4) is 0 Å². The maximum atomic E-state index is 13.5. The van der Waals surface area contributed by atoms with E-state index in [1.807, 2.05) is 65.6 Å². The third kappa shape index (κ3) is 3.85. The summed E-state index contributed by atoms with van der Waals surface area (Å²) in [5.41, 5.74) is 1.20. The number of rotatable bonds is 5. The van der Waals surface area contributed by atoms with Crippen molar-refractivity contribution in [2.75, 3.05) is 24.6 Å². The summed E-state index contributed by atoms with van der Waals surface area (Å²) in [7, 11) is 0. The number of halogens is 1. The molecule has 2 fully saturated rings. The van der Waals surface area contributed by atoms with Crippen LogP contribution >= 0.6 is 11.6 Å². The molecule has 3 aromatic rings. The normalized spacial score (nSPS) is 19.3. The molecule has 2 aromatic carbocycles.